The molecular formula is C25H24N2O2. The quantitative estimate of drug-likeness (QED) is 0.461. The van der Waals surface area contributed by atoms with Gasteiger partial charge in [-0.05, 0) is 73.0 Å². The van der Waals surface area contributed by atoms with Crippen LogP contribution in [0.3, 0.4) is 0 Å². The number of hydrogen-bond acceptors (Lipinski definition) is 3. The van der Waals surface area contributed by atoms with Gasteiger partial charge in [0.05, 0.1) is 17.1 Å². The van der Waals surface area contributed by atoms with Gasteiger partial charge in [-0.25, -0.2) is 4.68 Å². The molecule has 4 rings (SSSR count). The number of rotatable bonds is 5. The second-order valence-corrected chi connectivity index (χ2v) is 7.02. The molecule has 0 fully saturated rings. The molecule has 0 atom stereocenters. The van der Waals surface area contributed by atoms with Gasteiger partial charge in [0, 0.05) is 16.7 Å². The Balaban J connectivity index is 2.03. The van der Waals surface area contributed by atoms with Gasteiger partial charge in [-0.1, -0.05) is 32.0 Å². The molecule has 0 amide bonds. The van der Waals surface area contributed by atoms with E-state index in [-0.39, 0.29) is 11.5 Å². The van der Waals surface area contributed by atoms with Crippen LogP contribution < -0.4 is 0 Å². The first kappa shape index (κ1) is 18.8. The van der Waals surface area contributed by atoms with Crippen LogP contribution in [-0.4, -0.2) is 20.0 Å². The lowest BCUT2D eigenvalue weighted by molar-refractivity contribution is 0.475. The molecule has 29 heavy (non-hydrogen) atoms. The molecule has 0 aliphatic rings. The smallest absolute Gasteiger partial charge is 0.115 e. The molecule has 0 unspecified atom stereocenters. The average Bonchev–Trinajstić information content (AvgIpc) is 3.14. The minimum atomic E-state index is 0.237. The van der Waals surface area contributed by atoms with Crippen molar-refractivity contribution < 1.29 is 10.2 Å². The standard InChI is InChI=1S/C25H24N2O2/c1-3-17-7-5-6-8-23(17)27-25(19-11-15-21(29)16-12-19)22(4-2)24(26-27)18-9-13-20(28)14-10-18/h5-16,28-29H,3-4H2,1-2H3. The number of benzene rings is 3. The van der Waals surface area contributed by atoms with E-state index in [0.717, 1.165) is 46.6 Å². The molecule has 1 aromatic heterocycles. The number of aryl methyl sites for hydroxylation is 1. The highest BCUT2D eigenvalue weighted by molar-refractivity contribution is 5.77. The Labute approximate surface area is 170 Å². The van der Waals surface area contributed by atoms with Crippen LogP contribution in [0.1, 0.15) is 25.0 Å². The molecule has 146 valence electrons. The van der Waals surface area contributed by atoms with Crippen molar-refractivity contribution in [2.75, 3.05) is 0 Å². The fourth-order valence-corrected chi connectivity index (χ4v) is 3.74. The number of para-hydroxylation sites is 1. The third kappa shape index (κ3) is 3.49. The van der Waals surface area contributed by atoms with Crippen molar-refractivity contribution in [1.29, 1.82) is 0 Å². The highest BCUT2D eigenvalue weighted by Crippen LogP contribution is 2.36. The van der Waals surface area contributed by atoms with E-state index in [1.165, 1.54) is 5.56 Å². The lowest BCUT2D eigenvalue weighted by Crippen LogP contribution is -2.03. The van der Waals surface area contributed by atoms with Crippen LogP contribution in [0.25, 0.3) is 28.2 Å². The minimum absolute atomic E-state index is 0.237. The Morgan fingerprint density at radius 3 is 1.90 bits per heavy atom. The second kappa shape index (κ2) is 7.84. The maximum absolute atomic E-state index is 9.76. The molecule has 4 heteroatoms. The van der Waals surface area contributed by atoms with Gasteiger partial charge >= 0.3 is 0 Å². The van der Waals surface area contributed by atoms with Gasteiger partial charge in [0.1, 0.15) is 11.5 Å². The molecule has 0 spiro atoms. The normalized spacial score (nSPS) is 11.0. The highest BCUT2D eigenvalue weighted by atomic mass is 16.3. The van der Waals surface area contributed by atoms with Crippen molar-refractivity contribution in [2.45, 2.75) is 26.7 Å². The van der Waals surface area contributed by atoms with Crippen LogP contribution in [0.15, 0.2) is 72.8 Å². The topological polar surface area (TPSA) is 58.3 Å². The van der Waals surface area contributed by atoms with E-state index in [2.05, 4.69) is 26.0 Å². The predicted molar refractivity (Wildman–Crippen MR) is 117 cm³/mol. The lowest BCUT2D eigenvalue weighted by Gasteiger charge is -2.13. The summed E-state index contributed by atoms with van der Waals surface area (Å²) in [7, 11) is 0. The number of hydrogen-bond donors (Lipinski definition) is 2. The third-order valence-electron chi connectivity index (χ3n) is 5.22. The van der Waals surface area contributed by atoms with E-state index in [4.69, 9.17) is 5.10 Å². The second-order valence-electron chi connectivity index (χ2n) is 7.02. The monoisotopic (exact) mass is 384 g/mol. The van der Waals surface area contributed by atoms with Crippen molar-refractivity contribution in [3.8, 4) is 39.7 Å². The Morgan fingerprint density at radius 1 is 0.724 bits per heavy atom. The molecule has 0 aliphatic carbocycles. The maximum atomic E-state index is 9.76. The summed E-state index contributed by atoms with van der Waals surface area (Å²) in [5, 5.41) is 24.5. The maximum Gasteiger partial charge on any atom is 0.115 e. The number of nitrogens with zero attached hydrogens (tertiary/aromatic N) is 2. The van der Waals surface area contributed by atoms with Gasteiger partial charge in [0.15, 0.2) is 0 Å². The summed E-state index contributed by atoms with van der Waals surface area (Å²) < 4.78 is 2.02. The first-order chi connectivity index (χ1) is 14.1. The molecule has 0 bridgehead atoms. The minimum Gasteiger partial charge on any atom is -0.508 e. The molecule has 4 aromatic rings. The summed E-state index contributed by atoms with van der Waals surface area (Å²) >= 11 is 0. The van der Waals surface area contributed by atoms with E-state index < -0.39 is 0 Å². The molecule has 0 saturated carbocycles. The van der Waals surface area contributed by atoms with Gasteiger partial charge in [-0.3, -0.25) is 0 Å². The number of phenolic OH excluding ortho intramolecular Hbond substituents is 2. The predicted octanol–water partition coefficient (Wildman–Crippen LogP) is 5.74. The first-order valence-electron chi connectivity index (χ1n) is 9.91. The Hall–Kier alpha value is -3.53. The lowest BCUT2D eigenvalue weighted by atomic mass is 9.99. The van der Waals surface area contributed by atoms with Gasteiger partial charge < -0.3 is 10.2 Å². The zero-order chi connectivity index (χ0) is 20.4. The molecule has 0 aliphatic heterocycles. The van der Waals surface area contributed by atoms with E-state index in [9.17, 15) is 10.2 Å². The van der Waals surface area contributed by atoms with Crippen molar-refractivity contribution in [2.24, 2.45) is 0 Å². The summed E-state index contributed by atoms with van der Waals surface area (Å²) in [6.07, 6.45) is 1.71. The SMILES string of the molecule is CCc1ccccc1-n1nc(-c2ccc(O)cc2)c(CC)c1-c1ccc(O)cc1. The molecule has 0 radical (unpaired) electrons. The fourth-order valence-electron chi connectivity index (χ4n) is 3.74. The largest absolute Gasteiger partial charge is 0.508 e. The Bertz CT molecular complexity index is 1130. The van der Waals surface area contributed by atoms with Crippen LogP contribution >= 0.6 is 0 Å². The van der Waals surface area contributed by atoms with Gasteiger partial charge in [0.2, 0.25) is 0 Å². The fraction of sp³-hybridized carbons (Fsp3) is 0.160. The molecule has 4 nitrogen and oxygen atoms in total. The zero-order valence-corrected chi connectivity index (χ0v) is 16.6. The van der Waals surface area contributed by atoms with Crippen molar-refractivity contribution in [3.63, 3.8) is 0 Å². The molecule has 2 N–H and O–H groups in total. The van der Waals surface area contributed by atoms with Crippen molar-refractivity contribution in [3.05, 3.63) is 83.9 Å². The summed E-state index contributed by atoms with van der Waals surface area (Å²) in [5.74, 6) is 0.479. The van der Waals surface area contributed by atoms with Crippen LogP contribution in [0.4, 0.5) is 0 Å². The summed E-state index contributed by atoms with van der Waals surface area (Å²) in [5.41, 5.74) is 7.30. The van der Waals surface area contributed by atoms with Crippen molar-refractivity contribution >= 4 is 0 Å². The Kier molecular flexibility index (Phi) is 5.09. The first-order valence-corrected chi connectivity index (χ1v) is 9.91. The number of aromatic hydroxyl groups is 2. The molecular weight excluding hydrogens is 360 g/mol. The van der Waals surface area contributed by atoms with E-state index in [1.54, 1.807) is 24.3 Å². The van der Waals surface area contributed by atoms with E-state index >= 15 is 0 Å². The summed E-state index contributed by atoms with van der Waals surface area (Å²) in [6.45, 7) is 4.27. The van der Waals surface area contributed by atoms with Crippen LogP contribution in [0, 0.1) is 0 Å². The van der Waals surface area contributed by atoms with Gasteiger partial charge in [-0.15, -0.1) is 0 Å². The highest BCUT2D eigenvalue weighted by Gasteiger charge is 2.21. The molecule has 0 saturated heterocycles. The van der Waals surface area contributed by atoms with E-state index in [1.807, 2.05) is 41.1 Å². The third-order valence-corrected chi connectivity index (χ3v) is 5.22. The van der Waals surface area contributed by atoms with Gasteiger partial charge in [0.25, 0.3) is 0 Å². The average molecular weight is 384 g/mol. The van der Waals surface area contributed by atoms with Crippen LogP contribution in [0.5, 0.6) is 11.5 Å². The number of aromatic nitrogens is 2. The summed E-state index contributed by atoms with van der Waals surface area (Å²) in [4.78, 5) is 0. The van der Waals surface area contributed by atoms with Gasteiger partial charge in [-0.2, -0.15) is 5.10 Å². The molecule has 1 heterocycles. The Morgan fingerprint density at radius 2 is 1.31 bits per heavy atom. The number of phenols is 2. The van der Waals surface area contributed by atoms with Crippen molar-refractivity contribution in [1.82, 2.24) is 9.78 Å². The summed E-state index contributed by atoms with van der Waals surface area (Å²) in [6, 6.07) is 22.7. The molecule has 3 aromatic carbocycles. The van der Waals surface area contributed by atoms with E-state index in [0.29, 0.717) is 0 Å². The van der Waals surface area contributed by atoms with Crippen LogP contribution in [0.2, 0.25) is 0 Å². The zero-order valence-electron chi connectivity index (χ0n) is 16.6. The van der Waals surface area contributed by atoms with Crippen LogP contribution in [-0.2, 0) is 12.8 Å².